The molecule has 0 amide bonds. The van der Waals surface area contributed by atoms with Crippen molar-refractivity contribution >= 4 is 0 Å². The minimum Gasteiger partial charge on any atom is -0.496 e. The molecule has 1 aliphatic heterocycles. The van der Waals surface area contributed by atoms with Gasteiger partial charge < -0.3 is 14.2 Å². The van der Waals surface area contributed by atoms with Crippen LogP contribution in [0.4, 0.5) is 0 Å². The second kappa shape index (κ2) is 4.85. The van der Waals surface area contributed by atoms with Gasteiger partial charge in [0.1, 0.15) is 5.75 Å². The quantitative estimate of drug-likeness (QED) is 0.770. The summed E-state index contributed by atoms with van der Waals surface area (Å²) >= 11 is 0. The molecule has 1 fully saturated rings. The molecule has 0 spiro atoms. The van der Waals surface area contributed by atoms with E-state index < -0.39 is 0 Å². The first kappa shape index (κ1) is 11.4. The predicted molar refractivity (Wildman–Crippen MR) is 61.5 cm³/mol. The van der Waals surface area contributed by atoms with Crippen LogP contribution in [0.3, 0.4) is 0 Å². The lowest BCUT2D eigenvalue weighted by Gasteiger charge is -2.27. The molecule has 0 bridgehead atoms. The molecule has 0 saturated carbocycles. The van der Waals surface area contributed by atoms with Crippen LogP contribution in [0.15, 0.2) is 18.2 Å². The second-order valence-electron chi connectivity index (χ2n) is 4.33. The summed E-state index contributed by atoms with van der Waals surface area (Å²) in [5.41, 5.74) is 2.14. The molecule has 1 aromatic carbocycles. The van der Waals surface area contributed by atoms with Gasteiger partial charge in [0.2, 0.25) is 0 Å². The average Bonchev–Trinajstić information content (AvgIpc) is 2.31. The fraction of sp³-hybridized carbons (Fsp3) is 0.538. The van der Waals surface area contributed by atoms with E-state index in [0.717, 1.165) is 30.1 Å². The lowest BCUT2D eigenvalue weighted by atomic mass is 10.1. The number of hydrogen-bond donors (Lipinski definition) is 0. The molecule has 2 rings (SSSR count). The first-order valence-electron chi connectivity index (χ1n) is 5.58. The van der Waals surface area contributed by atoms with Crippen molar-refractivity contribution in [1.29, 1.82) is 0 Å². The van der Waals surface area contributed by atoms with Gasteiger partial charge in [-0.05, 0) is 18.6 Å². The fourth-order valence-corrected chi connectivity index (χ4v) is 1.78. The van der Waals surface area contributed by atoms with Crippen molar-refractivity contribution in [3.05, 3.63) is 29.3 Å². The Kier molecular flexibility index (Phi) is 3.46. The maximum absolute atomic E-state index is 5.64. The Hall–Kier alpha value is -1.06. The van der Waals surface area contributed by atoms with E-state index in [0.29, 0.717) is 5.92 Å². The van der Waals surface area contributed by atoms with E-state index in [1.807, 2.05) is 25.1 Å². The molecular formula is C13H18O3. The lowest BCUT2D eigenvalue weighted by Crippen LogP contribution is -2.25. The van der Waals surface area contributed by atoms with E-state index in [9.17, 15) is 0 Å². The highest BCUT2D eigenvalue weighted by atomic mass is 16.7. The topological polar surface area (TPSA) is 27.7 Å². The molecule has 88 valence electrons. The second-order valence-corrected chi connectivity index (χ2v) is 4.33. The van der Waals surface area contributed by atoms with Gasteiger partial charge in [0.15, 0.2) is 6.29 Å². The van der Waals surface area contributed by atoms with E-state index in [1.54, 1.807) is 7.11 Å². The highest BCUT2D eigenvalue weighted by Crippen LogP contribution is 2.28. The van der Waals surface area contributed by atoms with Crippen molar-refractivity contribution in [3.63, 3.8) is 0 Å². The summed E-state index contributed by atoms with van der Waals surface area (Å²) < 4.78 is 16.6. The zero-order chi connectivity index (χ0) is 11.5. The van der Waals surface area contributed by atoms with Crippen molar-refractivity contribution in [2.24, 2.45) is 5.92 Å². The van der Waals surface area contributed by atoms with Gasteiger partial charge in [-0.1, -0.05) is 19.1 Å². The van der Waals surface area contributed by atoms with Crippen LogP contribution in [-0.4, -0.2) is 20.3 Å². The summed E-state index contributed by atoms with van der Waals surface area (Å²) in [4.78, 5) is 0. The van der Waals surface area contributed by atoms with Crippen LogP contribution in [0.25, 0.3) is 0 Å². The Morgan fingerprint density at radius 2 is 1.94 bits per heavy atom. The smallest absolute Gasteiger partial charge is 0.183 e. The summed E-state index contributed by atoms with van der Waals surface area (Å²) in [6.45, 7) is 5.64. The molecule has 0 unspecified atom stereocenters. The third-order valence-corrected chi connectivity index (χ3v) is 2.77. The molecule has 0 atom stereocenters. The minimum absolute atomic E-state index is 0.245. The van der Waals surface area contributed by atoms with Crippen LogP contribution in [0.5, 0.6) is 5.75 Å². The van der Waals surface area contributed by atoms with Crippen LogP contribution in [0, 0.1) is 12.8 Å². The molecule has 3 nitrogen and oxygen atoms in total. The van der Waals surface area contributed by atoms with Gasteiger partial charge in [-0.2, -0.15) is 0 Å². The van der Waals surface area contributed by atoms with Crippen molar-refractivity contribution < 1.29 is 14.2 Å². The summed E-state index contributed by atoms with van der Waals surface area (Å²) in [6.07, 6.45) is -0.245. The number of hydrogen-bond acceptors (Lipinski definition) is 3. The number of methoxy groups -OCH3 is 1. The highest BCUT2D eigenvalue weighted by Gasteiger charge is 2.21. The summed E-state index contributed by atoms with van der Waals surface area (Å²) in [5, 5.41) is 0. The molecule has 1 aliphatic rings. The Labute approximate surface area is 96.3 Å². The molecule has 0 aliphatic carbocycles. The van der Waals surface area contributed by atoms with Gasteiger partial charge in [0.25, 0.3) is 0 Å². The Balaban J connectivity index is 2.14. The molecule has 0 radical (unpaired) electrons. The molecule has 1 saturated heterocycles. The van der Waals surface area contributed by atoms with Crippen molar-refractivity contribution in [1.82, 2.24) is 0 Å². The maximum Gasteiger partial charge on any atom is 0.183 e. The molecule has 0 N–H and O–H groups in total. The zero-order valence-electron chi connectivity index (χ0n) is 10.0. The number of ether oxygens (including phenoxy) is 3. The van der Waals surface area contributed by atoms with Crippen LogP contribution < -0.4 is 4.74 Å². The van der Waals surface area contributed by atoms with Crippen molar-refractivity contribution in [2.45, 2.75) is 20.1 Å². The monoisotopic (exact) mass is 222 g/mol. The van der Waals surface area contributed by atoms with Gasteiger partial charge in [0, 0.05) is 11.5 Å². The third-order valence-electron chi connectivity index (χ3n) is 2.77. The van der Waals surface area contributed by atoms with E-state index in [2.05, 4.69) is 6.92 Å². The summed E-state index contributed by atoms with van der Waals surface area (Å²) in [7, 11) is 1.68. The standard InChI is InChI=1S/C13H18O3/c1-9-7-15-13(16-8-9)11-5-4-10(2)12(6-11)14-3/h4-6,9,13H,7-8H2,1-3H3. The van der Waals surface area contributed by atoms with Crippen LogP contribution in [0.1, 0.15) is 24.3 Å². The summed E-state index contributed by atoms with van der Waals surface area (Å²) in [6, 6.07) is 6.04. The highest BCUT2D eigenvalue weighted by molar-refractivity contribution is 5.37. The first-order valence-corrected chi connectivity index (χ1v) is 5.58. The first-order chi connectivity index (χ1) is 7.70. The van der Waals surface area contributed by atoms with E-state index >= 15 is 0 Å². The van der Waals surface area contributed by atoms with E-state index in [1.165, 1.54) is 0 Å². The number of rotatable bonds is 2. The van der Waals surface area contributed by atoms with Crippen LogP contribution >= 0.6 is 0 Å². The summed E-state index contributed by atoms with van der Waals surface area (Å²) in [5.74, 6) is 1.35. The molecule has 3 heteroatoms. The van der Waals surface area contributed by atoms with Gasteiger partial charge in [-0.3, -0.25) is 0 Å². The number of benzene rings is 1. The Bertz CT molecular complexity index is 354. The van der Waals surface area contributed by atoms with Gasteiger partial charge in [-0.15, -0.1) is 0 Å². The normalized spacial score (nSPS) is 25.4. The van der Waals surface area contributed by atoms with Crippen molar-refractivity contribution in [2.75, 3.05) is 20.3 Å². The maximum atomic E-state index is 5.64. The minimum atomic E-state index is -0.245. The zero-order valence-corrected chi connectivity index (χ0v) is 10.0. The Morgan fingerprint density at radius 3 is 2.56 bits per heavy atom. The molecule has 16 heavy (non-hydrogen) atoms. The predicted octanol–water partition coefficient (Wildman–Crippen LogP) is 2.69. The number of aryl methyl sites for hydroxylation is 1. The largest absolute Gasteiger partial charge is 0.496 e. The van der Waals surface area contributed by atoms with Crippen LogP contribution in [-0.2, 0) is 9.47 Å². The van der Waals surface area contributed by atoms with Crippen molar-refractivity contribution in [3.8, 4) is 5.75 Å². The van der Waals surface area contributed by atoms with E-state index in [4.69, 9.17) is 14.2 Å². The van der Waals surface area contributed by atoms with Gasteiger partial charge >= 0.3 is 0 Å². The molecule has 0 aromatic heterocycles. The lowest BCUT2D eigenvalue weighted by molar-refractivity contribution is -0.202. The van der Waals surface area contributed by atoms with Gasteiger partial charge in [-0.25, -0.2) is 0 Å². The fourth-order valence-electron chi connectivity index (χ4n) is 1.78. The molecule has 1 aromatic rings. The SMILES string of the molecule is COc1cc(C2OCC(C)CO2)ccc1C. The van der Waals surface area contributed by atoms with E-state index in [-0.39, 0.29) is 6.29 Å². The third kappa shape index (κ3) is 2.36. The Morgan fingerprint density at radius 1 is 1.25 bits per heavy atom. The van der Waals surface area contributed by atoms with Crippen LogP contribution in [0.2, 0.25) is 0 Å². The van der Waals surface area contributed by atoms with Gasteiger partial charge in [0.05, 0.1) is 20.3 Å². The molecular weight excluding hydrogens is 204 g/mol. The molecule has 1 heterocycles. The average molecular weight is 222 g/mol.